The quantitative estimate of drug-likeness (QED) is 0.565. The average Bonchev–Trinajstić information content (AvgIpc) is 2.15. The van der Waals surface area contributed by atoms with Crippen LogP contribution in [-0.4, -0.2) is 10.5 Å². The molecule has 0 saturated heterocycles. The summed E-state index contributed by atoms with van der Waals surface area (Å²) in [5.74, 6) is 0. The molecule has 0 bridgehead atoms. The van der Waals surface area contributed by atoms with Crippen molar-refractivity contribution >= 4 is 28.6 Å². The van der Waals surface area contributed by atoms with E-state index in [1.54, 1.807) is 0 Å². The SMILES string of the molecule is CCC(Sc1ccccc1)C(=O)Cl. The second-order valence-corrected chi connectivity index (χ2v) is 4.28. The van der Waals surface area contributed by atoms with Crippen LogP contribution in [0.4, 0.5) is 0 Å². The average molecular weight is 215 g/mol. The van der Waals surface area contributed by atoms with Crippen LogP contribution in [0.15, 0.2) is 35.2 Å². The van der Waals surface area contributed by atoms with Crippen LogP contribution in [-0.2, 0) is 4.79 Å². The Balaban J connectivity index is 2.62. The molecule has 0 N–H and O–H groups in total. The lowest BCUT2D eigenvalue weighted by Crippen LogP contribution is -2.08. The molecule has 1 aromatic rings. The predicted molar refractivity (Wildman–Crippen MR) is 57.2 cm³/mol. The Kier molecular flexibility index (Phi) is 4.33. The first-order valence-corrected chi connectivity index (χ1v) is 5.41. The zero-order chi connectivity index (χ0) is 9.68. The van der Waals surface area contributed by atoms with E-state index in [0.717, 1.165) is 11.3 Å². The molecule has 0 radical (unpaired) electrons. The van der Waals surface area contributed by atoms with Gasteiger partial charge in [-0.1, -0.05) is 25.1 Å². The van der Waals surface area contributed by atoms with Crippen molar-refractivity contribution in [3.05, 3.63) is 30.3 Å². The second kappa shape index (κ2) is 5.30. The summed E-state index contributed by atoms with van der Waals surface area (Å²) >= 11 is 6.95. The Morgan fingerprint density at radius 3 is 2.54 bits per heavy atom. The number of hydrogen-bond donors (Lipinski definition) is 0. The van der Waals surface area contributed by atoms with Gasteiger partial charge in [0.15, 0.2) is 0 Å². The van der Waals surface area contributed by atoms with Crippen molar-refractivity contribution in [1.82, 2.24) is 0 Å². The van der Waals surface area contributed by atoms with Gasteiger partial charge in [0, 0.05) is 4.90 Å². The molecule has 0 aliphatic carbocycles. The smallest absolute Gasteiger partial charge is 0.234 e. The van der Waals surface area contributed by atoms with Crippen molar-refractivity contribution in [2.24, 2.45) is 0 Å². The maximum atomic E-state index is 10.9. The molecule has 0 fully saturated rings. The van der Waals surface area contributed by atoms with E-state index in [1.807, 2.05) is 37.3 Å². The Labute approximate surface area is 87.5 Å². The van der Waals surface area contributed by atoms with Crippen molar-refractivity contribution in [2.45, 2.75) is 23.5 Å². The van der Waals surface area contributed by atoms with Gasteiger partial charge in [-0.15, -0.1) is 11.8 Å². The lowest BCUT2D eigenvalue weighted by atomic mass is 10.4. The van der Waals surface area contributed by atoms with Gasteiger partial charge in [0.25, 0.3) is 0 Å². The summed E-state index contributed by atoms with van der Waals surface area (Å²) in [7, 11) is 0. The van der Waals surface area contributed by atoms with Crippen LogP contribution in [0.25, 0.3) is 0 Å². The van der Waals surface area contributed by atoms with Crippen LogP contribution in [0.5, 0.6) is 0 Å². The largest absolute Gasteiger partial charge is 0.280 e. The van der Waals surface area contributed by atoms with Crippen LogP contribution in [0.3, 0.4) is 0 Å². The summed E-state index contributed by atoms with van der Waals surface area (Å²) in [6.07, 6.45) is 0.766. The van der Waals surface area contributed by atoms with E-state index in [1.165, 1.54) is 11.8 Å². The molecule has 70 valence electrons. The number of hydrogen-bond acceptors (Lipinski definition) is 2. The zero-order valence-electron chi connectivity index (χ0n) is 7.37. The molecule has 13 heavy (non-hydrogen) atoms. The van der Waals surface area contributed by atoms with Crippen LogP contribution in [0, 0.1) is 0 Å². The van der Waals surface area contributed by atoms with Crippen molar-refractivity contribution in [1.29, 1.82) is 0 Å². The summed E-state index contributed by atoms with van der Waals surface area (Å²) in [6.45, 7) is 1.96. The minimum atomic E-state index is -0.267. The molecule has 1 aromatic carbocycles. The first-order valence-electron chi connectivity index (χ1n) is 4.15. The fourth-order valence-electron chi connectivity index (χ4n) is 0.953. The monoisotopic (exact) mass is 214 g/mol. The van der Waals surface area contributed by atoms with Crippen molar-refractivity contribution in [3.63, 3.8) is 0 Å². The van der Waals surface area contributed by atoms with Gasteiger partial charge in [0.1, 0.15) is 0 Å². The van der Waals surface area contributed by atoms with E-state index in [-0.39, 0.29) is 10.5 Å². The summed E-state index contributed by atoms with van der Waals surface area (Å²) in [4.78, 5) is 12.0. The summed E-state index contributed by atoms with van der Waals surface area (Å²) in [5, 5.41) is -0.389. The molecule has 1 atom stereocenters. The Bertz CT molecular complexity index is 274. The summed E-state index contributed by atoms with van der Waals surface area (Å²) in [5.41, 5.74) is 0. The Hall–Kier alpha value is -0.470. The molecule has 0 aromatic heterocycles. The molecule has 1 rings (SSSR count). The van der Waals surface area contributed by atoms with Gasteiger partial charge >= 0.3 is 0 Å². The van der Waals surface area contributed by atoms with Crippen molar-refractivity contribution in [3.8, 4) is 0 Å². The summed E-state index contributed by atoms with van der Waals surface area (Å²) < 4.78 is 0. The van der Waals surface area contributed by atoms with Crippen LogP contribution in [0.1, 0.15) is 13.3 Å². The topological polar surface area (TPSA) is 17.1 Å². The van der Waals surface area contributed by atoms with E-state index >= 15 is 0 Å². The van der Waals surface area contributed by atoms with Gasteiger partial charge in [-0.05, 0) is 30.2 Å². The zero-order valence-corrected chi connectivity index (χ0v) is 8.94. The van der Waals surface area contributed by atoms with E-state index in [4.69, 9.17) is 11.6 Å². The standard InChI is InChI=1S/C10H11ClOS/c1-2-9(10(11)12)13-8-6-4-3-5-7-8/h3-7,9H,2H2,1H3. The second-order valence-electron chi connectivity index (χ2n) is 2.63. The summed E-state index contributed by atoms with van der Waals surface area (Å²) in [6, 6.07) is 9.81. The number of rotatable bonds is 4. The normalized spacial score (nSPS) is 12.5. The van der Waals surface area contributed by atoms with Gasteiger partial charge in [0.05, 0.1) is 5.25 Å². The first kappa shape index (κ1) is 10.6. The van der Waals surface area contributed by atoms with E-state index < -0.39 is 0 Å². The highest BCUT2D eigenvalue weighted by atomic mass is 35.5. The van der Waals surface area contributed by atoms with Crippen LogP contribution < -0.4 is 0 Å². The number of benzene rings is 1. The fourth-order valence-corrected chi connectivity index (χ4v) is 2.14. The van der Waals surface area contributed by atoms with Crippen LogP contribution in [0.2, 0.25) is 0 Å². The third kappa shape index (κ3) is 3.41. The van der Waals surface area contributed by atoms with Gasteiger partial charge in [0.2, 0.25) is 5.24 Å². The molecule has 0 aliphatic rings. The van der Waals surface area contributed by atoms with Gasteiger partial charge in [-0.2, -0.15) is 0 Å². The molecule has 0 heterocycles. The lowest BCUT2D eigenvalue weighted by Gasteiger charge is -2.08. The molecule has 0 amide bonds. The first-order chi connectivity index (χ1) is 6.24. The van der Waals surface area contributed by atoms with E-state index in [9.17, 15) is 4.79 Å². The lowest BCUT2D eigenvalue weighted by molar-refractivity contribution is -0.111. The minimum absolute atomic E-state index is 0.121. The molecule has 3 heteroatoms. The van der Waals surface area contributed by atoms with E-state index in [2.05, 4.69) is 0 Å². The third-order valence-electron chi connectivity index (χ3n) is 1.65. The fraction of sp³-hybridized carbons (Fsp3) is 0.300. The maximum absolute atomic E-state index is 10.9. The predicted octanol–water partition coefficient (Wildman–Crippen LogP) is 3.32. The maximum Gasteiger partial charge on any atom is 0.234 e. The Morgan fingerprint density at radius 2 is 2.08 bits per heavy atom. The molecule has 0 aliphatic heterocycles. The number of halogens is 1. The number of thioether (sulfide) groups is 1. The number of carbonyl (C=O) groups is 1. The highest BCUT2D eigenvalue weighted by Crippen LogP contribution is 2.26. The van der Waals surface area contributed by atoms with Crippen molar-refractivity contribution < 1.29 is 4.79 Å². The molecule has 0 saturated carbocycles. The molecule has 1 unspecified atom stereocenters. The van der Waals surface area contributed by atoms with Crippen molar-refractivity contribution in [2.75, 3.05) is 0 Å². The molecule has 0 spiro atoms. The molecular weight excluding hydrogens is 204 g/mol. The minimum Gasteiger partial charge on any atom is -0.280 e. The molecule has 1 nitrogen and oxygen atoms in total. The van der Waals surface area contributed by atoms with Gasteiger partial charge < -0.3 is 0 Å². The molecular formula is C10H11ClOS. The van der Waals surface area contributed by atoms with E-state index in [0.29, 0.717) is 0 Å². The van der Waals surface area contributed by atoms with Gasteiger partial charge in [-0.25, -0.2) is 0 Å². The highest BCUT2D eigenvalue weighted by molar-refractivity contribution is 8.00. The van der Waals surface area contributed by atoms with Gasteiger partial charge in [-0.3, -0.25) is 4.79 Å². The third-order valence-corrected chi connectivity index (χ3v) is 3.41. The Morgan fingerprint density at radius 1 is 1.46 bits per heavy atom. The number of carbonyl (C=O) groups excluding carboxylic acids is 1. The van der Waals surface area contributed by atoms with Crippen LogP contribution >= 0.6 is 23.4 Å². The highest BCUT2D eigenvalue weighted by Gasteiger charge is 2.14.